The van der Waals surface area contributed by atoms with Crippen LogP contribution in [0.2, 0.25) is 0 Å². The highest BCUT2D eigenvalue weighted by atomic mass is 32.1. The number of H-pyrrole nitrogens is 1. The van der Waals surface area contributed by atoms with E-state index < -0.39 is 0 Å². The van der Waals surface area contributed by atoms with Crippen LogP contribution < -0.4 is 9.47 Å². The van der Waals surface area contributed by atoms with E-state index in [0.29, 0.717) is 17.2 Å². The van der Waals surface area contributed by atoms with E-state index in [1.807, 2.05) is 60.5 Å². The van der Waals surface area contributed by atoms with E-state index >= 15 is 0 Å². The lowest BCUT2D eigenvalue weighted by molar-refractivity contribution is 0.0646. The molecule has 0 saturated heterocycles. The van der Waals surface area contributed by atoms with Crippen molar-refractivity contribution in [2.75, 3.05) is 14.2 Å². The van der Waals surface area contributed by atoms with Crippen LogP contribution in [0.25, 0.3) is 28.2 Å². The maximum absolute atomic E-state index is 13.5. The van der Waals surface area contributed by atoms with Crippen molar-refractivity contribution in [1.29, 1.82) is 0 Å². The summed E-state index contributed by atoms with van der Waals surface area (Å²) in [7, 11) is 3.43. The number of nitrogens with zero attached hydrogens (tertiary/aromatic N) is 4. The van der Waals surface area contributed by atoms with Gasteiger partial charge >= 0.3 is 0 Å². The van der Waals surface area contributed by atoms with Gasteiger partial charge in [0.2, 0.25) is 0 Å². The Hall–Kier alpha value is -3.59. The summed E-state index contributed by atoms with van der Waals surface area (Å²) in [6.07, 6.45) is 1.77. The number of methoxy groups -OCH3 is 1. The zero-order chi connectivity index (χ0) is 23.3. The van der Waals surface area contributed by atoms with Gasteiger partial charge in [0.15, 0.2) is 5.69 Å². The smallest absolute Gasteiger partial charge is 0.274 e. The van der Waals surface area contributed by atoms with Crippen LogP contribution in [0.3, 0.4) is 0 Å². The van der Waals surface area contributed by atoms with Gasteiger partial charge in [0.25, 0.3) is 5.91 Å². The van der Waals surface area contributed by atoms with Crippen molar-refractivity contribution in [2.24, 2.45) is 0 Å². The van der Waals surface area contributed by atoms with E-state index in [0.717, 1.165) is 33.8 Å². The Labute approximate surface area is 195 Å². The van der Waals surface area contributed by atoms with Crippen molar-refractivity contribution in [2.45, 2.75) is 32.9 Å². The quantitative estimate of drug-likeness (QED) is 0.472. The number of amides is 1. The molecule has 0 saturated carbocycles. The minimum Gasteiger partial charge on any atom is -0.496 e. The molecule has 1 amide bonds. The van der Waals surface area contributed by atoms with Gasteiger partial charge in [-0.25, -0.2) is 4.68 Å². The predicted molar refractivity (Wildman–Crippen MR) is 127 cm³/mol. The number of nitrogens with one attached hydrogen (secondary N) is 1. The molecule has 4 heterocycles. The number of carbonyl (C=O) groups is 1. The first-order chi connectivity index (χ1) is 15.8. The third-order valence-corrected chi connectivity index (χ3v) is 6.62. The van der Waals surface area contributed by atoms with Gasteiger partial charge < -0.3 is 14.4 Å². The van der Waals surface area contributed by atoms with Crippen LogP contribution in [0.1, 0.15) is 36.8 Å². The lowest BCUT2D eigenvalue weighted by Crippen LogP contribution is -2.43. The molecule has 33 heavy (non-hydrogen) atoms. The highest BCUT2D eigenvalue weighted by molar-refractivity contribution is 7.08. The molecule has 0 fully saturated rings. The third-order valence-electron chi connectivity index (χ3n) is 5.95. The molecule has 170 valence electrons. The van der Waals surface area contributed by atoms with Crippen LogP contribution in [-0.4, -0.2) is 50.5 Å². The van der Waals surface area contributed by atoms with Crippen molar-refractivity contribution in [3.05, 3.63) is 52.5 Å². The zero-order valence-corrected chi connectivity index (χ0v) is 20.0. The molecule has 1 aliphatic rings. The SMILES string of the molecule is COc1cc2c(cc1-c1cc[nH]n1)-c1c(c(C(=O)N(C)C(C)(C)C)nn1-c1ccsc1)CO2. The highest BCUT2D eigenvalue weighted by Crippen LogP contribution is 2.46. The molecule has 3 aromatic heterocycles. The van der Waals surface area contributed by atoms with Crippen LogP contribution in [0.5, 0.6) is 11.5 Å². The molecule has 0 radical (unpaired) electrons. The van der Waals surface area contributed by atoms with Gasteiger partial charge in [-0.2, -0.15) is 21.5 Å². The number of ether oxygens (including phenoxy) is 2. The Kier molecular flexibility index (Phi) is 5.01. The third kappa shape index (κ3) is 3.48. The van der Waals surface area contributed by atoms with E-state index in [4.69, 9.17) is 14.6 Å². The fourth-order valence-electron chi connectivity index (χ4n) is 3.86. The van der Waals surface area contributed by atoms with Crippen molar-refractivity contribution < 1.29 is 14.3 Å². The Morgan fingerprint density at radius 3 is 2.73 bits per heavy atom. The summed E-state index contributed by atoms with van der Waals surface area (Å²) in [5.74, 6) is 1.20. The van der Waals surface area contributed by atoms with Gasteiger partial charge in [-0.1, -0.05) is 0 Å². The summed E-state index contributed by atoms with van der Waals surface area (Å²) >= 11 is 1.58. The van der Waals surface area contributed by atoms with E-state index in [1.165, 1.54) is 0 Å². The Morgan fingerprint density at radius 2 is 2.09 bits per heavy atom. The minimum absolute atomic E-state index is 0.138. The van der Waals surface area contributed by atoms with Crippen molar-refractivity contribution in [3.8, 4) is 39.7 Å². The number of carbonyl (C=O) groups excluding carboxylic acids is 1. The van der Waals surface area contributed by atoms with Gasteiger partial charge in [0, 0.05) is 46.9 Å². The molecule has 0 atom stereocenters. The van der Waals surface area contributed by atoms with Crippen LogP contribution >= 0.6 is 11.3 Å². The molecule has 1 aliphatic heterocycles. The first-order valence-corrected chi connectivity index (χ1v) is 11.5. The largest absolute Gasteiger partial charge is 0.496 e. The van der Waals surface area contributed by atoms with Gasteiger partial charge in [0.1, 0.15) is 18.1 Å². The fourth-order valence-corrected chi connectivity index (χ4v) is 4.47. The second-order valence-corrected chi connectivity index (χ2v) is 9.68. The first-order valence-electron chi connectivity index (χ1n) is 10.6. The summed E-state index contributed by atoms with van der Waals surface area (Å²) < 4.78 is 13.6. The van der Waals surface area contributed by atoms with Crippen molar-refractivity contribution >= 4 is 17.2 Å². The topological polar surface area (TPSA) is 85.3 Å². The van der Waals surface area contributed by atoms with Crippen LogP contribution in [-0.2, 0) is 6.61 Å². The van der Waals surface area contributed by atoms with Gasteiger partial charge in [-0.05, 0) is 44.4 Å². The van der Waals surface area contributed by atoms with E-state index in [1.54, 1.807) is 36.6 Å². The highest BCUT2D eigenvalue weighted by Gasteiger charge is 2.34. The zero-order valence-electron chi connectivity index (χ0n) is 19.2. The number of aromatic amines is 1. The molecular weight excluding hydrogens is 438 g/mol. The Morgan fingerprint density at radius 1 is 1.27 bits per heavy atom. The predicted octanol–water partition coefficient (Wildman–Crippen LogP) is 4.76. The van der Waals surface area contributed by atoms with Crippen LogP contribution in [0.4, 0.5) is 0 Å². The molecule has 8 nitrogen and oxygen atoms in total. The van der Waals surface area contributed by atoms with Crippen molar-refractivity contribution in [3.63, 3.8) is 0 Å². The number of rotatable bonds is 4. The number of fused-ring (bicyclic) bond motifs is 3. The Balaban J connectivity index is 1.75. The van der Waals surface area contributed by atoms with Crippen LogP contribution in [0.15, 0.2) is 41.2 Å². The summed E-state index contributed by atoms with van der Waals surface area (Å²) in [4.78, 5) is 15.2. The van der Waals surface area contributed by atoms with Crippen molar-refractivity contribution in [1.82, 2.24) is 24.9 Å². The van der Waals surface area contributed by atoms with Crippen LogP contribution in [0, 0.1) is 0 Å². The molecule has 0 bridgehead atoms. The molecule has 1 N–H and O–H groups in total. The standard InChI is InChI=1S/C24H25N5O3S/c1-24(2,3)28(4)23(30)21-17-12-32-20-11-19(31-5)15(18-6-8-25-26-18)10-16(20)22(17)29(27-21)14-7-9-33-13-14/h6-11,13H,12H2,1-5H3,(H,25,26). The molecule has 0 aliphatic carbocycles. The summed E-state index contributed by atoms with van der Waals surface area (Å²) in [6, 6.07) is 7.75. The molecular formula is C24H25N5O3S. The van der Waals surface area contributed by atoms with Gasteiger partial charge in [-0.3, -0.25) is 9.89 Å². The van der Waals surface area contributed by atoms with Gasteiger partial charge in [-0.15, -0.1) is 0 Å². The molecule has 0 unspecified atom stereocenters. The summed E-state index contributed by atoms with van der Waals surface area (Å²) in [5.41, 5.74) is 5.00. The second kappa shape index (κ2) is 7.77. The molecule has 4 aromatic rings. The van der Waals surface area contributed by atoms with E-state index in [-0.39, 0.29) is 18.1 Å². The summed E-state index contributed by atoms with van der Waals surface area (Å²) in [5, 5.41) is 16.0. The lowest BCUT2D eigenvalue weighted by Gasteiger charge is -2.31. The molecule has 9 heteroatoms. The molecule has 5 rings (SSSR count). The lowest BCUT2D eigenvalue weighted by atomic mass is 9.97. The van der Waals surface area contributed by atoms with E-state index in [2.05, 4.69) is 10.2 Å². The maximum atomic E-state index is 13.5. The first kappa shape index (κ1) is 21.3. The average molecular weight is 464 g/mol. The molecule has 0 spiro atoms. The number of aromatic nitrogens is 4. The number of hydrogen-bond acceptors (Lipinski definition) is 6. The second-order valence-electron chi connectivity index (χ2n) is 8.90. The number of benzene rings is 1. The normalized spacial score (nSPS) is 12.6. The average Bonchev–Trinajstić information content (AvgIpc) is 3.56. The fraction of sp³-hybridized carbons (Fsp3) is 0.292. The minimum atomic E-state index is -0.343. The Bertz CT molecular complexity index is 1320. The maximum Gasteiger partial charge on any atom is 0.274 e. The number of hydrogen-bond donors (Lipinski definition) is 1. The van der Waals surface area contributed by atoms with E-state index in [9.17, 15) is 4.79 Å². The number of thiophene rings is 1. The summed E-state index contributed by atoms with van der Waals surface area (Å²) in [6.45, 7) is 6.25. The molecule has 1 aromatic carbocycles. The monoisotopic (exact) mass is 463 g/mol. The van der Waals surface area contributed by atoms with Gasteiger partial charge in [0.05, 0.1) is 24.2 Å².